The van der Waals surface area contributed by atoms with Crippen molar-refractivity contribution in [2.75, 3.05) is 0 Å². The molecule has 0 saturated carbocycles. The zero-order valence-corrected chi connectivity index (χ0v) is 23.5. The third kappa shape index (κ3) is 3.53. The van der Waals surface area contributed by atoms with Gasteiger partial charge >= 0.3 is 0 Å². The van der Waals surface area contributed by atoms with Crippen LogP contribution in [0.25, 0.3) is 75.1 Å². The fourth-order valence-corrected chi connectivity index (χ4v) is 7.16. The molecule has 8 rings (SSSR count). The minimum atomic E-state index is 0.769. The number of para-hydroxylation sites is 1. The molecule has 0 saturated heterocycles. The van der Waals surface area contributed by atoms with Gasteiger partial charge in [-0.15, -0.1) is 11.3 Å². The Balaban J connectivity index is 1.48. The minimum absolute atomic E-state index is 0.769. The monoisotopic (exact) mass is 630 g/mol. The first kappa shape index (κ1) is 22.9. The van der Waals surface area contributed by atoms with Gasteiger partial charge in [-0.05, 0) is 79.8 Å². The second kappa shape index (κ2) is 9.00. The number of nitrogens with zero attached hydrogens (tertiary/aromatic N) is 2. The Hall–Kier alpha value is -4.07. The summed E-state index contributed by atoms with van der Waals surface area (Å²) in [6.45, 7) is 0. The summed E-state index contributed by atoms with van der Waals surface area (Å²) in [4.78, 5) is 9.65. The van der Waals surface area contributed by atoms with Crippen LogP contribution in [-0.4, -0.2) is 9.97 Å². The molecule has 0 radical (unpaired) electrons. The van der Waals surface area contributed by atoms with Crippen molar-refractivity contribution >= 4 is 87.8 Å². The van der Waals surface area contributed by atoms with Crippen LogP contribution in [0.3, 0.4) is 0 Å². The number of hydrogen-bond acceptors (Lipinski definition) is 4. The van der Waals surface area contributed by atoms with Gasteiger partial charge in [0.2, 0.25) is 0 Å². The molecule has 0 N–H and O–H groups in total. The summed E-state index contributed by atoms with van der Waals surface area (Å²) in [7, 11) is 0. The molecule has 184 valence electrons. The Morgan fingerprint density at radius 2 is 1.44 bits per heavy atom. The van der Waals surface area contributed by atoms with Crippen LogP contribution >= 0.6 is 34.3 Å². The number of aromatic nitrogens is 2. The molecule has 0 aliphatic heterocycles. The largest absolute Gasteiger partial charge is 0.425 e. The predicted molar refractivity (Wildman–Crippen MR) is 173 cm³/mol. The predicted octanol–water partition coefficient (Wildman–Crippen LogP) is 10.4. The van der Waals surface area contributed by atoms with Crippen molar-refractivity contribution in [1.29, 1.82) is 0 Å². The standard InChI is InChI=1S/C34H19IN2OS/c35-38-30-17-16-24(26-11-6-18-36-33(26)30)32-21-8-2-1-7-20(21)19-28-22-9-5-10-27(23(22)14-15-25(28)32)34-37-29-12-3-4-13-31(29)39-34/h1-19H. The summed E-state index contributed by atoms with van der Waals surface area (Å²) in [6.07, 6.45) is 1.82. The van der Waals surface area contributed by atoms with Gasteiger partial charge in [-0.2, -0.15) is 0 Å². The number of fused-ring (bicyclic) bond motifs is 6. The molecule has 0 spiro atoms. The number of thiazole rings is 1. The Morgan fingerprint density at radius 3 is 2.36 bits per heavy atom. The number of halogens is 1. The number of hydrogen-bond donors (Lipinski definition) is 0. The number of pyridine rings is 1. The van der Waals surface area contributed by atoms with Crippen molar-refractivity contribution < 1.29 is 3.07 Å². The normalized spacial score (nSPS) is 11.7. The van der Waals surface area contributed by atoms with Crippen molar-refractivity contribution in [3.05, 3.63) is 115 Å². The Bertz CT molecular complexity index is 2200. The van der Waals surface area contributed by atoms with Crippen LogP contribution in [0.5, 0.6) is 5.75 Å². The zero-order chi connectivity index (χ0) is 25.9. The van der Waals surface area contributed by atoms with Crippen molar-refractivity contribution in [3.63, 3.8) is 0 Å². The van der Waals surface area contributed by atoms with Gasteiger partial charge in [-0.25, -0.2) is 4.98 Å². The molecule has 0 aliphatic rings. The second-order valence-corrected chi connectivity index (χ2v) is 11.1. The van der Waals surface area contributed by atoms with Crippen LogP contribution in [0, 0.1) is 0 Å². The van der Waals surface area contributed by atoms with Crippen LogP contribution in [-0.2, 0) is 0 Å². The van der Waals surface area contributed by atoms with Crippen molar-refractivity contribution in [2.45, 2.75) is 0 Å². The Labute approximate surface area is 242 Å². The average molecular weight is 631 g/mol. The quantitative estimate of drug-likeness (QED) is 0.111. The van der Waals surface area contributed by atoms with E-state index < -0.39 is 0 Å². The third-order valence-corrected chi connectivity index (χ3v) is 9.06. The maximum absolute atomic E-state index is 5.63. The summed E-state index contributed by atoms with van der Waals surface area (Å²) in [5.74, 6) is 0.769. The molecule has 39 heavy (non-hydrogen) atoms. The van der Waals surface area contributed by atoms with Crippen LogP contribution in [0.2, 0.25) is 0 Å². The summed E-state index contributed by atoms with van der Waals surface area (Å²) >= 11 is 3.68. The fourth-order valence-electron chi connectivity index (χ4n) is 5.80. The SMILES string of the molecule is IOc1ccc(-c2c3ccccc3cc3c2ccc2c(-c4nc5ccccc5s4)cccc23)c2cccnc12. The highest BCUT2D eigenvalue weighted by Crippen LogP contribution is 2.44. The lowest BCUT2D eigenvalue weighted by Gasteiger charge is -2.17. The molecule has 0 bridgehead atoms. The maximum atomic E-state index is 5.63. The van der Waals surface area contributed by atoms with Crippen LogP contribution in [0.4, 0.5) is 0 Å². The minimum Gasteiger partial charge on any atom is -0.425 e. The lowest BCUT2D eigenvalue weighted by molar-refractivity contribution is 0.723. The highest BCUT2D eigenvalue weighted by atomic mass is 127. The molecule has 2 heterocycles. The molecule has 0 fully saturated rings. The summed E-state index contributed by atoms with van der Waals surface area (Å²) in [6, 6.07) is 38.8. The second-order valence-electron chi connectivity index (χ2n) is 9.61. The maximum Gasteiger partial charge on any atom is 0.192 e. The third-order valence-electron chi connectivity index (χ3n) is 7.51. The topological polar surface area (TPSA) is 35.0 Å². The van der Waals surface area contributed by atoms with E-state index in [0.717, 1.165) is 32.7 Å². The van der Waals surface area contributed by atoms with Gasteiger partial charge in [-0.1, -0.05) is 72.8 Å². The fraction of sp³-hybridized carbons (Fsp3) is 0. The van der Waals surface area contributed by atoms with E-state index in [1.165, 1.54) is 48.1 Å². The van der Waals surface area contributed by atoms with Gasteiger partial charge in [0.25, 0.3) is 0 Å². The van der Waals surface area contributed by atoms with E-state index in [-0.39, 0.29) is 0 Å². The first-order chi connectivity index (χ1) is 19.3. The van der Waals surface area contributed by atoms with Gasteiger partial charge in [0.15, 0.2) is 28.8 Å². The van der Waals surface area contributed by atoms with Gasteiger partial charge in [0.1, 0.15) is 10.5 Å². The Kier molecular flexibility index (Phi) is 5.28. The smallest absolute Gasteiger partial charge is 0.192 e. The molecule has 0 aliphatic carbocycles. The molecule has 2 aromatic heterocycles. The van der Waals surface area contributed by atoms with E-state index in [9.17, 15) is 0 Å². The van der Waals surface area contributed by atoms with Crippen LogP contribution in [0.15, 0.2) is 115 Å². The van der Waals surface area contributed by atoms with E-state index >= 15 is 0 Å². The van der Waals surface area contributed by atoms with E-state index in [0.29, 0.717) is 0 Å². The molecular weight excluding hydrogens is 611 g/mol. The van der Waals surface area contributed by atoms with Crippen molar-refractivity contribution in [3.8, 4) is 27.4 Å². The molecule has 3 nitrogen and oxygen atoms in total. The summed E-state index contributed by atoms with van der Waals surface area (Å²) in [5, 5.41) is 9.45. The number of benzene rings is 6. The Morgan fingerprint density at radius 1 is 0.615 bits per heavy atom. The molecule has 0 amide bonds. The zero-order valence-electron chi connectivity index (χ0n) is 20.6. The average Bonchev–Trinajstić information content (AvgIpc) is 3.43. The first-order valence-corrected chi connectivity index (χ1v) is 14.4. The van der Waals surface area contributed by atoms with E-state index in [1.54, 1.807) is 11.3 Å². The molecule has 5 heteroatoms. The van der Waals surface area contributed by atoms with Crippen molar-refractivity contribution in [1.82, 2.24) is 9.97 Å². The van der Waals surface area contributed by atoms with Gasteiger partial charge in [0.05, 0.1) is 10.2 Å². The lowest BCUT2D eigenvalue weighted by Crippen LogP contribution is -1.91. The highest BCUT2D eigenvalue weighted by molar-refractivity contribution is 14.1. The van der Waals surface area contributed by atoms with E-state index in [2.05, 4.69) is 96.0 Å². The molecular formula is C34H19IN2OS. The van der Waals surface area contributed by atoms with E-state index in [1.807, 2.05) is 47.4 Å². The summed E-state index contributed by atoms with van der Waals surface area (Å²) < 4.78 is 6.84. The van der Waals surface area contributed by atoms with Gasteiger partial charge in [-0.3, -0.25) is 4.98 Å². The molecule has 6 aromatic carbocycles. The first-order valence-electron chi connectivity index (χ1n) is 12.7. The number of rotatable bonds is 3. The van der Waals surface area contributed by atoms with E-state index in [4.69, 9.17) is 8.05 Å². The highest BCUT2D eigenvalue weighted by Gasteiger charge is 2.18. The molecule has 8 aromatic rings. The molecule has 0 unspecified atom stereocenters. The molecule has 0 atom stereocenters. The van der Waals surface area contributed by atoms with Crippen LogP contribution < -0.4 is 3.07 Å². The van der Waals surface area contributed by atoms with Crippen LogP contribution in [0.1, 0.15) is 0 Å². The lowest BCUT2D eigenvalue weighted by atomic mass is 9.88. The summed E-state index contributed by atoms with van der Waals surface area (Å²) in [5.41, 5.74) is 5.45. The van der Waals surface area contributed by atoms with Crippen molar-refractivity contribution in [2.24, 2.45) is 0 Å². The van der Waals surface area contributed by atoms with Gasteiger partial charge < -0.3 is 3.07 Å². The van der Waals surface area contributed by atoms with Gasteiger partial charge in [0, 0.05) is 17.1 Å².